The zero-order valence-electron chi connectivity index (χ0n) is 16.8. The van der Waals surface area contributed by atoms with Gasteiger partial charge in [-0.1, -0.05) is 25.4 Å². The Balaban J connectivity index is 1.43. The van der Waals surface area contributed by atoms with Gasteiger partial charge in [0, 0.05) is 26.2 Å². The predicted octanol–water partition coefficient (Wildman–Crippen LogP) is 3.32. The molecule has 1 fully saturated rings. The van der Waals surface area contributed by atoms with Gasteiger partial charge in [-0.15, -0.1) is 0 Å². The van der Waals surface area contributed by atoms with E-state index in [-0.39, 0.29) is 17.9 Å². The second kappa shape index (κ2) is 7.35. The summed E-state index contributed by atoms with van der Waals surface area (Å²) in [6, 6.07) is 1.62. The maximum atomic E-state index is 12.4. The Morgan fingerprint density at radius 1 is 1.29 bits per heavy atom. The minimum atomic E-state index is -0.205. The van der Waals surface area contributed by atoms with Crippen LogP contribution in [0.2, 0.25) is 5.15 Å². The molecule has 2 aliphatic rings. The second-order valence-electron chi connectivity index (χ2n) is 8.48. The minimum Gasteiger partial charge on any atom is -0.346 e. The molecule has 2 aromatic rings. The van der Waals surface area contributed by atoms with Crippen LogP contribution in [-0.2, 0) is 17.8 Å². The monoisotopic (exact) mass is 402 g/mol. The van der Waals surface area contributed by atoms with E-state index >= 15 is 0 Å². The summed E-state index contributed by atoms with van der Waals surface area (Å²) in [6.07, 6.45) is 5.11. The van der Waals surface area contributed by atoms with Crippen LogP contribution in [0.15, 0.2) is 12.3 Å². The lowest BCUT2D eigenvalue weighted by Gasteiger charge is -2.38. The van der Waals surface area contributed by atoms with E-state index in [1.165, 1.54) is 0 Å². The summed E-state index contributed by atoms with van der Waals surface area (Å²) in [5.74, 6) is 3.16. The maximum Gasteiger partial charge on any atom is 0.247 e. The Morgan fingerprint density at radius 2 is 2.04 bits per heavy atom. The number of carbonyl (C=O) groups excluding carboxylic acids is 1. The van der Waals surface area contributed by atoms with Gasteiger partial charge in [0.2, 0.25) is 5.91 Å². The average molecular weight is 403 g/mol. The number of fused-ring (bicyclic) bond motifs is 1. The maximum absolute atomic E-state index is 12.4. The van der Waals surface area contributed by atoms with Gasteiger partial charge in [-0.3, -0.25) is 9.48 Å². The van der Waals surface area contributed by atoms with Crippen molar-refractivity contribution in [3.05, 3.63) is 28.9 Å². The summed E-state index contributed by atoms with van der Waals surface area (Å²) in [5, 5.41) is 7.81. The Kier molecular flexibility index (Phi) is 5.04. The van der Waals surface area contributed by atoms with E-state index in [0.717, 1.165) is 48.8 Å². The molecule has 1 atom stereocenters. The van der Waals surface area contributed by atoms with E-state index in [0.29, 0.717) is 17.0 Å². The molecule has 0 spiro atoms. The van der Waals surface area contributed by atoms with E-state index in [1.54, 1.807) is 0 Å². The molecular weight excluding hydrogens is 376 g/mol. The van der Waals surface area contributed by atoms with E-state index in [1.807, 2.05) is 35.8 Å². The van der Waals surface area contributed by atoms with Gasteiger partial charge < -0.3 is 10.2 Å². The van der Waals surface area contributed by atoms with E-state index in [9.17, 15) is 4.79 Å². The molecule has 0 aromatic carbocycles. The van der Waals surface area contributed by atoms with Gasteiger partial charge in [0.15, 0.2) is 11.0 Å². The molecule has 0 unspecified atom stereocenters. The quantitative estimate of drug-likeness (QED) is 0.830. The van der Waals surface area contributed by atoms with Crippen LogP contribution in [0.4, 0.5) is 11.5 Å². The van der Waals surface area contributed by atoms with Crippen molar-refractivity contribution < 1.29 is 4.79 Å². The Bertz CT molecular complexity index is 889. The van der Waals surface area contributed by atoms with E-state index < -0.39 is 0 Å². The third-order valence-electron chi connectivity index (χ3n) is 5.87. The third kappa shape index (κ3) is 3.60. The van der Waals surface area contributed by atoms with Gasteiger partial charge in [0.1, 0.15) is 17.6 Å². The molecule has 1 aliphatic carbocycles. The predicted molar refractivity (Wildman–Crippen MR) is 110 cm³/mol. The molecule has 0 saturated heterocycles. The molecule has 8 heteroatoms. The lowest BCUT2D eigenvalue weighted by molar-refractivity contribution is -0.118. The number of aromatic nitrogens is 4. The van der Waals surface area contributed by atoms with Crippen LogP contribution < -0.4 is 10.2 Å². The number of nitrogens with one attached hydrogen (secondary N) is 1. The largest absolute Gasteiger partial charge is 0.346 e. The molecule has 3 heterocycles. The molecule has 2 aromatic heterocycles. The lowest BCUT2D eigenvalue weighted by atomic mass is 9.73. The average Bonchev–Trinajstić information content (AvgIpc) is 2.99. The smallest absolute Gasteiger partial charge is 0.247 e. The zero-order valence-corrected chi connectivity index (χ0v) is 17.6. The van der Waals surface area contributed by atoms with Crippen LogP contribution in [-0.4, -0.2) is 38.7 Å². The highest BCUT2D eigenvalue weighted by Crippen LogP contribution is 2.38. The van der Waals surface area contributed by atoms with Crippen molar-refractivity contribution in [3.63, 3.8) is 0 Å². The van der Waals surface area contributed by atoms with Crippen molar-refractivity contribution >= 4 is 29.0 Å². The number of anilines is 2. The van der Waals surface area contributed by atoms with Crippen LogP contribution in [0.1, 0.15) is 38.2 Å². The SMILES string of the molecule is Cc1nc(CC2CC(Cn3ccc(Cl)n3)C2)nc2c1NC(=O)[C@H](C(C)C)N2C. The summed E-state index contributed by atoms with van der Waals surface area (Å²) in [6.45, 7) is 6.97. The van der Waals surface area contributed by atoms with Crippen molar-refractivity contribution in [2.24, 2.45) is 17.8 Å². The molecule has 1 amide bonds. The fourth-order valence-corrected chi connectivity index (χ4v) is 4.67. The molecule has 150 valence electrons. The number of carbonyl (C=O) groups is 1. The van der Waals surface area contributed by atoms with Crippen molar-refractivity contribution in [2.45, 2.75) is 52.6 Å². The van der Waals surface area contributed by atoms with Crippen LogP contribution in [0, 0.1) is 24.7 Å². The highest BCUT2D eigenvalue weighted by Gasteiger charge is 2.36. The highest BCUT2D eigenvalue weighted by molar-refractivity contribution is 6.29. The van der Waals surface area contributed by atoms with Gasteiger partial charge >= 0.3 is 0 Å². The molecular formula is C20H27ClN6O. The van der Waals surface area contributed by atoms with Crippen LogP contribution in [0.25, 0.3) is 0 Å². The van der Waals surface area contributed by atoms with Gasteiger partial charge in [-0.25, -0.2) is 9.97 Å². The standard InChI is InChI=1S/C20H27ClN6O/c1-11(2)18-20(28)24-17-12(3)22-16(23-19(17)26(18)4)9-13-7-14(8-13)10-27-6-5-15(21)25-27/h5-6,11,13-14,18H,7-10H2,1-4H3,(H,24,28)/t13?,14?,18-/m0/s1. The number of nitrogens with zero attached hydrogens (tertiary/aromatic N) is 5. The van der Waals surface area contributed by atoms with Crippen LogP contribution in [0.3, 0.4) is 0 Å². The van der Waals surface area contributed by atoms with Crippen molar-refractivity contribution in [2.75, 3.05) is 17.3 Å². The fourth-order valence-electron chi connectivity index (χ4n) is 4.51. The first-order valence-corrected chi connectivity index (χ1v) is 10.3. The summed E-state index contributed by atoms with van der Waals surface area (Å²) in [5.41, 5.74) is 1.58. The number of aryl methyl sites for hydroxylation is 1. The topological polar surface area (TPSA) is 75.9 Å². The van der Waals surface area contributed by atoms with E-state index in [4.69, 9.17) is 16.6 Å². The van der Waals surface area contributed by atoms with E-state index in [2.05, 4.69) is 29.2 Å². The summed E-state index contributed by atoms with van der Waals surface area (Å²) in [7, 11) is 1.95. The molecule has 28 heavy (non-hydrogen) atoms. The van der Waals surface area contributed by atoms with Gasteiger partial charge in [0.25, 0.3) is 0 Å². The molecule has 0 radical (unpaired) electrons. The van der Waals surface area contributed by atoms with Crippen molar-refractivity contribution in [1.82, 2.24) is 19.7 Å². The molecule has 1 N–H and O–H groups in total. The molecule has 0 bridgehead atoms. The van der Waals surface area contributed by atoms with Gasteiger partial charge in [-0.2, -0.15) is 5.10 Å². The number of amides is 1. The molecule has 4 rings (SSSR count). The second-order valence-corrected chi connectivity index (χ2v) is 8.87. The minimum absolute atomic E-state index is 0.0185. The van der Waals surface area contributed by atoms with Crippen molar-refractivity contribution in [1.29, 1.82) is 0 Å². The Labute approximate surface area is 170 Å². The lowest BCUT2D eigenvalue weighted by Crippen LogP contribution is -2.49. The first-order chi connectivity index (χ1) is 13.3. The Morgan fingerprint density at radius 3 is 2.68 bits per heavy atom. The summed E-state index contributed by atoms with van der Waals surface area (Å²) >= 11 is 5.89. The highest BCUT2D eigenvalue weighted by atomic mass is 35.5. The summed E-state index contributed by atoms with van der Waals surface area (Å²) in [4.78, 5) is 23.9. The number of hydrogen-bond acceptors (Lipinski definition) is 5. The first-order valence-electron chi connectivity index (χ1n) is 9.92. The number of halogens is 1. The molecule has 7 nitrogen and oxygen atoms in total. The van der Waals surface area contributed by atoms with Gasteiger partial charge in [-0.05, 0) is 43.6 Å². The first kappa shape index (κ1) is 19.2. The number of rotatable bonds is 5. The fraction of sp³-hybridized carbons (Fsp3) is 0.600. The molecule has 1 saturated carbocycles. The van der Waals surface area contributed by atoms with Crippen LogP contribution in [0.5, 0.6) is 0 Å². The number of likely N-dealkylation sites (N-methyl/N-ethyl adjacent to an activating group) is 1. The normalized spacial score (nSPS) is 24.1. The summed E-state index contributed by atoms with van der Waals surface area (Å²) < 4.78 is 1.92. The Hall–Kier alpha value is -2.15. The zero-order chi connectivity index (χ0) is 20.0. The van der Waals surface area contributed by atoms with Crippen molar-refractivity contribution in [3.8, 4) is 0 Å². The van der Waals surface area contributed by atoms with Crippen LogP contribution >= 0.6 is 11.6 Å². The third-order valence-corrected chi connectivity index (χ3v) is 6.08. The molecule has 1 aliphatic heterocycles. The van der Waals surface area contributed by atoms with Gasteiger partial charge in [0.05, 0.1) is 5.69 Å². The number of hydrogen-bond donors (Lipinski definition) is 1.